The van der Waals surface area contributed by atoms with Crippen molar-refractivity contribution >= 4 is 5.82 Å². The van der Waals surface area contributed by atoms with Crippen molar-refractivity contribution in [2.24, 2.45) is 0 Å². The Morgan fingerprint density at radius 1 is 1.06 bits per heavy atom. The summed E-state index contributed by atoms with van der Waals surface area (Å²) in [5, 5.41) is 19.1. The van der Waals surface area contributed by atoms with Crippen LogP contribution in [0.2, 0.25) is 0 Å². The van der Waals surface area contributed by atoms with Crippen molar-refractivity contribution in [1.29, 1.82) is 10.5 Å². The average Bonchev–Trinajstić information content (AvgIpc) is 2.76. The number of nitrogen functional groups attached to an aromatic ring is 1. The van der Waals surface area contributed by atoms with Gasteiger partial charge in [0.25, 0.3) is 5.56 Å². The summed E-state index contributed by atoms with van der Waals surface area (Å²) in [6.07, 6.45) is 0. The van der Waals surface area contributed by atoms with Gasteiger partial charge in [-0.15, -0.1) is 0 Å². The third-order valence-electron chi connectivity index (χ3n) is 5.21. The van der Waals surface area contributed by atoms with Crippen LogP contribution >= 0.6 is 0 Å². The van der Waals surface area contributed by atoms with Crippen LogP contribution in [0.4, 0.5) is 5.82 Å². The number of ether oxygens (including phenoxy) is 2. The second-order valence-electron chi connectivity index (χ2n) is 7.73. The number of hydrogen-bond acceptors (Lipinski definition) is 6. The number of nitriles is 2. The van der Waals surface area contributed by atoms with E-state index in [4.69, 9.17) is 15.2 Å². The minimum atomic E-state index is -0.644. The zero-order valence-corrected chi connectivity index (χ0v) is 18.4. The predicted octanol–water partition coefficient (Wildman–Crippen LogP) is 4.39. The first kappa shape index (κ1) is 22.5. The lowest BCUT2D eigenvalue weighted by Gasteiger charge is -2.17. The minimum absolute atomic E-state index is 0.0407. The second-order valence-corrected chi connectivity index (χ2v) is 7.73. The fourth-order valence-electron chi connectivity index (χ4n) is 3.58. The first-order valence-corrected chi connectivity index (χ1v) is 10.1. The van der Waals surface area contributed by atoms with E-state index in [-0.39, 0.29) is 35.0 Å². The molecule has 0 spiro atoms. The van der Waals surface area contributed by atoms with Crippen molar-refractivity contribution in [3.05, 3.63) is 74.6 Å². The Labute approximate surface area is 186 Å². The Morgan fingerprint density at radius 2 is 1.78 bits per heavy atom. The van der Waals surface area contributed by atoms with Gasteiger partial charge in [-0.25, -0.2) is 0 Å². The maximum atomic E-state index is 12.3. The zero-order valence-electron chi connectivity index (χ0n) is 18.4. The normalized spacial score (nSPS) is 10.5. The van der Waals surface area contributed by atoms with Crippen LogP contribution in [0.3, 0.4) is 0 Å². The molecule has 0 aliphatic rings. The lowest BCUT2D eigenvalue weighted by Crippen LogP contribution is -2.16. The minimum Gasteiger partial charge on any atom is -0.496 e. The van der Waals surface area contributed by atoms with E-state index in [0.717, 1.165) is 16.9 Å². The molecule has 0 atom stereocenters. The summed E-state index contributed by atoms with van der Waals surface area (Å²) in [4.78, 5) is 14.6. The third-order valence-corrected chi connectivity index (χ3v) is 5.21. The van der Waals surface area contributed by atoms with Gasteiger partial charge in [0.2, 0.25) is 0 Å². The van der Waals surface area contributed by atoms with Crippen LogP contribution in [0.25, 0.3) is 11.1 Å². The number of hydrogen-bond donors (Lipinski definition) is 2. The quantitative estimate of drug-likeness (QED) is 0.600. The number of aromatic amines is 1. The Bertz CT molecular complexity index is 1310. The van der Waals surface area contributed by atoms with Gasteiger partial charge in [0.1, 0.15) is 47.2 Å². The number of benzene rings is 2. The van der Waals surface area contributed by atoms with Crippen LogP contribution in [0.5, 0.6) is 11.5 Å². The van der Waals surface area contributed by atoms with E-state index in [1.165, 1.54) is 0 Å². The second kappa shape index (κ2) is 9.28. The number of anilines is 1. The predicted molar refractivity (Wildman–Crippen MR) is 122 cm³/mol. The van der Waals surface area contributed by atoms with Crippen molar-refractivity contribution in [2.45, 2.75) is 33.3 Å². The number of rotatable bonds is 6. The molecule has 0 saturated heterocycles. The lowest BCUT2D eigenvalue weighted by molar-refractivity contribution is 0.292. The van der Waals surface area contributed by atoms with E-state index in [2.05, 4.69) is 24.9 Å². The molecule has 0 aliphatic heterocycles. The molecule has 2 aromatic carbocycles. The number of methoxy groups -OCH3 is 1. The summed E-state index contributed by atoms with van der Waals surface area (Å²) in [5.74, 6) is 1.57. The number of nitrogens with two attached hydrogens (primary N) is 1. The molecule has 0 saturated carbocycles. The van der Waals surface area contributed by atoms with E-state index in [1.807, 2.05) is 31.2 Å². The summed E-state index contributed by atoms with van der Waals surface area (Å²) in [6, 6.07) is 15.1. The number of aryl methyl sites for hydroxylation is 1. The molecule has 3 rings (SSSR count). The molecular weight excluding hydrogens is 404 g/mol. The van der Waals surface area contributed by atoms with Crippen LogP contribution in [0.15, 0.2) is 41.2 Å². The first-order valence-electron chi connectivity index (χ1n) is 10.1. The van der Waals surface area contributed by atoms with E-state index in [0.29, 0.717) is 16.9 Å². The monoisotopic (exact) mass is 428 g/mol. The van der Waals surface area contributed by atoms with Gasteiger partial charge in [0.05, 0.1) is 7.11 Å². The van der Waals surface area contributed by atoms with Gasteiger partial charge in [-0.05, 0) is 47.7 Å². The smallest absolute Gasteiger partial charge is 0.268 e. The van der Waals surface area contributed by atoms with Crippen LogP contribution in [0, 0.1) is 29.6 Å². The summed E-state index contributed by atoms with van der Waals surface area (Å²) >= 11 is 0. The van der Waals surface area contributed by atoms with E-state index >= 15 is 0 Å². The van der Waals surface area contributed by atoms with Crippen LogP contribution in [-0.2, 0) is 6.61 Å². The van der Waals surface area contributed by atoms with E-state index in [9.17, 15) is 15.3 Å². The van der Waals surface area contributed by atoms with Crippen molar-refractivity contribution < 1.29 is 9.47 Å². The van der Waals surface area contributed by atoms with Gasteiger partial charge in [-0.3, -0.25) is 4.79 Å². The molecule has 0 amide bonds. The SMILES string of the molecule is COc1ccc(-c2c(C#N)c(N)[nH]c(=O)c2C#N)cc1COc1cc(C)ccc1C(C)C. The van der Waals surface area contributed by atoms with Gasteiger partial charge in [0, 0.05) is 11.1 Å². The number of pyridine rings is 1. The number of H-pyrrole nitrogens is 1. The van der Waals surface area contributed by atoms with E-state index in [1.54, 1.807) is 25.3 Å². The van der Waals surface area contributed by atoms with Gasteiger partial charge in [-0.1, -0.05) is 32.0 Å². The van der Waals surface area contributed by atoms with Crippen molar-refractivity contribution in [3.8, 4) is 34.8 Å². The molecule has 0 unspecified atom stereocenters. The molecule has 0 fully saturated rings. The highest BCUT2D eigenvalue weighted by Gasteiger charge is 2.19. The number of nitrogens with one attached hydrogen (secondary N) is 1. The van der Waals surface area contributed by atoms with Crippen molar-refractivity contribution in [1.82, 2.24) is 4.98 Å². The summed E-state index contributed by atoms with van der Waals surface area (Å²) in [6.45, 7) is 6.40. The van der Waals surface area contributed by atoms with Gasteiger partial charge >= 0.3 is 0 Å². The molecule has 0 bridgehead atoms. The largest absolute Gasteiger partial charge is 0.496 e. The fraction of sp³-hybridized carbons (Fsp3) is 0.240. The lowest BCUT2D eigenvalue weighted by atomic mass is 9.95. The van der Waals surface area contributed by atoms with Crippen LogP contribution in [-0.4, -0.2) is 12.1 Å². The molecule has 162 valence electrons. The molecule has 32 heavy (non-hydrogen) atoms. The molecular formula is C25H24N4O3. The van der Waals surface area contributed by atoms with E-state index < -0.39 is 5.56 Å². The average molecular weight is 428 g/mol. The third kappa shape index (κ3) is 4.28. The van der Waals surface area contributed by atoms with Gasteiger partial charge < -0.3 is 20.2 Å². The zero-order chi connectivity index (χ0) is 23.4. The number of nitrogens with zero attached hydrogens (tertiary/aromatic N) is 2. The molecule has 3 aromatic rings. The summed E-state index contributed by atoms with van der Waals surface area (Å²) in [7, 11) is 1.55. The first-order chi connectivity index (χ1) is 15.3. The Hall–Kier alpha value is -4.23. The summed E-state index contributed by atoms with van der Waals surface area (Å²) in [5.41, 5.74) is 8.64. The molecule has 0 radical (unpaired) electrons. The standard InChI is InChI=1S/C25H24N4O3/c1-14(2)18-7-5-15(3)9-22(18)32-13-17-10-16(6-8-21(17)31-4)23-19(11-26)24(28)29-25(30)20(23)12-27/h5-10,14H,13H2,1-4H3,(H3,28,29,30). The highest BCUT2D eigenvalue weighted by molar-refractivity contribution is 5.80. The molecule has 7 nitrogen and oxygen atoms in total. The molecule has 1 aromatic heterocycles. The highest BCUT2D eigenvalue weighted by atomic mass is 16.5. The van der Waals surface area contributed by atoms with Gasteiger partial charge in [-0.2, -0.15) is 10.5 Å². The van der Waals surface area contributed by atoms with Crippen molar-refractivity contribution in [3.63, 3.8) is 0 Å². The fourth-order valence-corrected chi connectivity index (χ4v) is 3.58. The Kier molecular flexibility index (Phi) is 6.51. The molecule has 3 N–H and O–H groups in total. The summed E-state index contributed by atoms with van der Waals surface area (Å²) < 4.78 is 11.6. The molecule has 1 heterocycles. The van der Waals surface area contributed by atoms with Crippen LogP contribution < -0.4 is 20.8 Å². The number of aromatic nitrogens is 1. The molecule has 7 heteroatoms. The Balaban J connectivity index is 2.10. The maximum absolute atomic E-state index is 12.3. The van der Waals surface area contributed by atoms with Crippen LogP contribution in [0.1, 0.15) is 47.6 Å². The molecule has 0 aliphatic carbocycles. The maximum Gasteiger partial charge on any atom is 0.268 e. The topological polar surface area (TPSA) is 125 Å². The van der Waals surface area contributed by atoms with Crippen molar-refractivity contribution in [2.75, 3.05) is 12.8 Å². The van der Waals surface area contributed by atoms with Gasteiger partial charge in [0.15, 0.2) is 0 Å². The highest BCUT2D eigenvalue weighted by Crippen LogP contribution is 2.33. The Morgan fingerprint density at radius 3 is 2.41 bits per heavy atom.